The molecule has 2 aromatic carbocycles. The quantitative estimate of drug-likeness (QED) is 0.741. The Balaban J connectivity index is 2.02. The van der Waals surface area contributed by atoms with Gasteiger partial charge < -0.3 is 0 Å². The average Bonchev–Trinajstić information content (AvgIpc) is 2.60. The molecule has 1 amide bonds. The lowest BCUT2D eigenvalue weighted by atomic mass is 10.1. The van der Waals surface area contributed by atoms with Crippen LogP contribution in [0.1, 0.15) is 34.0 Å². The summed E-state index contributed by atoms with van der Waals surface area (Å²) in [5, 5.41) is 0. The van der Waals surface area contributed by atoms with E-state index in [0.717, 1.165) is 16.7 Å². The summed E-state index contributed by atoms with van der Waals surface area (Å²) in [7, 11) is -3.59. The summed E-state index contributed by atoms with van der Waals surface area (Å²) < 4.78 is 27.3. The van der Waals surface area contributed by atoms with Gasteiger partial charge in [0.15, 0.2) is 0 Å². The molecule has 0 spiro atoms. The second-order valence-electron chi connectivity index (χ2n) is 5.63. The molecule has 7 heteroatoms. The second kappa shape index (κ2) is 8.24. The van der Waals surface area contributed by atoms with Crippen molar-refractivity contribution in [2.45, 2.75) is 32.2 Å². The molecule has 0 saturated heterocycles. The summed E-state index contributed by atoms with van der Waals surface area (Å²) in [6, 6.07) is 11.7. The number of nitrogens with one attached hydrogen (secondary N) is 2. The molecule has 2 N–H and O–H groups in total. The number of hydrogen-bond acceptors (Lipinski definition) is 4. The van der Waals surface area contributed by atoms with Crippen LogP contribution in [-0.2, 0) is 21.4 Å². The Kier molecular flexibility index (Phi) is 6.30. The lowest BCUT2D eigenvalue weighted by Gasteiger charge is -2.09. The van der Waals surface area contributed by atoms with Gasteiger partial charge in [0, 0.05) is 12.1 Å². The van der Waals surface area contributed by atoms with Crippen LogP contribution in [0.4, 0.5) is 0 Å². The summed E-state index contributed by atoms with van der Waals surface area (Å²) in [4.78, 5) is 16.8. The minimum absolute atomic E-state index is 0.141. The fraction of sp³-hybridized carbons (Fsp3) is 0.278. The topological polar surface area (TPSA) is 84.5 Å². The van der Waals surface area contributed by atoms with Gasteiger partial charge in [0.2, 0.25) is 10.0 Å². The number of aryl methyl sites for hydroxylation is 2. The SMILES string of the molecule is CCONC(=O)c1ccc(CNS(=O)(=O)c2ccc(C)c(C)c2)cc1. The van der Waals surface area contributed by atoms with Crippen molar-refractivity contribution in [3.8, 4) is 0 Å². The van der Waals surface area contributed by atoms with Crippen molar-refractivity contribution < 1.29 is 18.0 Å². The number of rotatable bonds is 7. The third-order valence-corrected chi connectivity index (χ3v) is 5.18. The molecular weight excluding hydrogens is 340 g/mol. The van der Waals surface area contributed by atoms with E-state index in [0.29, 0.717) is 12.2 Å². The molecule has 0 fully saturated rings. The van der Waals surface area contributed by atoms with E-state index < -0.39 is 10.0 Å². The van der Waals surface area contributed by atoms with Gasteiger partial charge in [-0.2, -0.15) is 0 Å². The van der Waals surface area contributed by atoms with E-state index in [1.807, 2.05) is 13.8 Å². The second-order valence-corrected chi connectivity index (χ2v) is 7.40. The molecule has 6 nitrogen and oxygen atoms in total. The Morgan fingerprint density at radius 1 is 1.04 bits per heavy atom. The molecule has 25 heavy (non-hydrogen) atoms. The standard InChI is InChI=1S/C18H22N2O4S/c1-4-24-20-18(21)16-8-6-15(7-9-16)12-19-25(22,23)17-10-5-13(2)14(3)11-17/h5-11,19H,4,12H2,1-3H3,(H,20,21). The van der Waals surface area contributed by atoms with Crippen LogP contribution >= 0.6 is 0 Å². The van der Waals surface area contributed by atoms with Gasteiger partial charge in [-0.3, -0.25) is 9.63 Å². The third-order valence-electron chi connectivity index (χ3n) is 3.78. The van der Waals surface area contributed by atoms with Crippen molar-refractivity contribution in [1.82, 2.24) is 10.2 Å². The Morgan fingerprint density at radius 3 is 2.32 bits per heavy atom. The largest absolute Gasteiger partial charge is 0.274 e. The first-order chi connectivity index (χ1) is 11.8. The Morgan fingerprint density at radius 2 is 1.72 bits per heavy atom. The van der Waals surface area contributed by atoms with E-state index in [1.165, 1.54) is 0 Å². The summed E-state index contributed by atoms with van der Waals surface area (Å²) in [6.45, 7) is 6.10. The van der Waals surface area contributed by atoms with Crippen molar-refractivity contribution in [2.24, 2.45) is 0 Å². The average molecular weight is 362 g/mol. The highest BCUT2D eigenvalue weighted by Crippen LogP contribution is 2.15. The first kappa shape index (κ1) is 19.1. The number of amides is 1. The van der Waals surface area contributed by atoms with Gasteiger partial charge in [0.25, 0.3) is 5.91 Å². The minimum Gasteiger partial charge on any atom is -0.274 e. The molecule has 0 aliphatic rings. The lowest BCUT2D eigenvalue weighted by molar-refractivity contribution is 0.0364. The summed E-state index contributed by atoms with van der Waals surface area (Å²) in [5.41, 5.74) is 5.46. The number of sulfonamides is 1. The van der Waals surface area contributed by atoms with Gasteiger partial charge in [-0.25, -0.2) is 18.6 Å². The van der Waals surface area contributed by atoms with Gasteiger partial charge in [0.1, 0.15) is 0 Å². The number of hydrogen-bond donors (Lipinski definition) is 2. The van der Waals surface area contributed by atoms with E-state index >= 15 is 0 Å². The van der Waals surface area contributed by atoms with Crippen LogP contribution in [0, 0.1) is 13.8 Å². The van der Waals surface area contributed by atoms with Gasteiger partial charge in [-0.15, -0.1) is 0 Å². The molecule has 0 heterocycles. The zero-order chi connectivity index (χ0) is 18.4. The molecule has 0 aliphatic carbocycles. The fourth-order valence-electron chi connectivity index (χ4n) is 2.11. The molecule has 0 aliphatic heterocycles. The monoisotopic (exact) mass is 362 g/mol. The first-order valence-corrected chi connectivity index (χ1v) is 9.40. The lowest BCUT2D eigenvalue weighted by Crippen LogP contribution is -2.24. The molecule has 0 aromatic heterocycles. The van der Waals surface area contributed by atoms with Crippen molar-refractivity contribution in [1.29, 1.82) is 0 Å². The van der Waals surface area contributed by atoms with E-state index in [-0.39, 0.29) is 17.3 Å². The van der Waals surface area contributed by atoms with Crippen LogP contribution in [-0.4, -0.2) is 20.9 Å². The molecule has 0 bridgehead atoms. The van der Waals surface area contributed by atoms with Gasteiger partial charge in [-0.1, -0.05) is 18.2 Å². The van der Waals surface area contributed by atoms with E-state index in [1.54, 1.807) is 49.4 Å². The van der Waals surface area contributed by atoms with Crippen LogP contribution in [0.15, 0.2) is 47.4 Å². The predicted octanol–water partition coefficient (Wildman–Crippen LogP) is 2.46. The Bertz CT molecular complexity index is 846. The predicted molar refractivity (Wildman–Crippen MR) is 95.5 cm³/mol. The van der Waals surface area contributed by atoms with Crippen LogP contribution in [0.2, 0.25) is 0 Å². The maximum Gasteiger partial charge on any atom is 0.274 e. The van der Waals surface area contributed by atoms with Crippen LogP contribution in [0.3, 0.4) is 0 Å². The van der Waals surface area contributed by atoms with Crippen LogP contribution < -0.4 is 10.2 Å². The van der Waals surface area contributed by atoms with E-state index in [9.17, 15) is 13.2 Å². The molecular formula is C18H22N2O4S. The third kappa shape index (κ3) is 5.12. The van der Waals surface area contributed by atoms with E-state index in [2.05, 4.69) is 10.2 Å². The van der Waals surface area contributed by atoms with Crippen LogP contribution in [0.5, 0.6) is 0 Å². The summed E-state index contributed by atoms with van der Waals surface area (Å²) in [5.74, 6) is -0.343. The zero-order valence-corrected chi connectivity index (χ0v) is 15.3. The van der Waals surface area contributed by atoms with Gasteiger partial charge in [0.05, 0.1) is 11.5 Å². The fourth-order valence-corrected chi connectivity index (χ4v) is 3.22. The number of hydroxylamine groups is 1. The number of carbonyl (C=O) groups is 1. The maximum absolute atomic E-state index is 12.4. The maximum atomic E-state index is 12.4. The molecule has 0 atom stereocenters. The summed E-state index contributed by atoms with van der Waals surface area (Å²) in [6.07, 6.45) is 0. The van der Waals surface area contributed by atoms with Crippen molar-refractivity contribution in [2.75, 3.05) is 6.61 Å². The Labute approximate surface area is 148 Å². The van der Waals surface area contributed by atoms with E-state index in [4.69, 9.17) is 4.84 Å². The molecule has 0 unspecified atom stereocenters. The molecule has 134 valence electrons. The highest BCUT2D eigenvalue weighted by atomic mass is 32.2. The minimum atomic E-state index is -3.59. The number of benzene rings is 2. The molecule has 0 radical (unpaired) electrons. The highest BCUT2D eigenvalue weighted by Gasteiger charge is 2.14. The number of carbonyl (C=O) groups excluding carboxylic acids is 1. The smallest absolute Gasteiger partial charge is 0.274 e. The molecule has 2 rings (SSSR count). The normalized spacial score (nSPS) is 11.3. The highest BCUT2D eigenvalue weighted by molar-refractivity contribution is 7.89. The van der Waals surface area contributed by atoms with Crippen molar-refractivity contribution in [3.63, 3.8) is 0 Å². The summed E-state index contributed by atoms with van der Waals surface area (Å²) >= 11 is 0. The zero-order valence-electron chi connectivity index (χ0n) is 14.5. The first-order valence-electron chi connectivity index (χ1n) is 7.91. The van der Waals surface area contributed by atoms with Gasteiger partial charge >= 0.3 is 0 Å². The van der Waals surface area contributed by atoms with Gasteiger partial charge in [-0.05, 0) is 61.7 Å². The van der Waals surface area contributed by atoms with Crippen molar-refractivity contribution >= 4 is 15.9 Å². The van der Waals surface area contributed by atoms with Crippen molar-refractivity contribution in [3.05, 3.63) is 64.7 Å². The Hall–Kier alpha value is -2.22. The molecule has 0 saturated carbocycles. The molecule has 2 aromatic rings. The van der Waals surface area contributed by atoms with Crippen LogP contribution in [0.25, 0.3) is 0 Å².